The summed E-state index contributed by atoms with van der Waals surface area (Å²) in [5, 5.41) is 0. The van der Waals surface area contributed by atoms with E-state index in [1.165, 1.54) is 11.4 Å². The van der Waals surface area contributed by atoms with Gasteiger partial charge in [0, 0.05) is 42.4 Å². The molecule has 0 bridgehead atoms. The third kappa shape index (κ3) is 2.87. The van der Waals surface area contributed by atoms with Gasteiger partial charge in [-0.3, -0.25) is 0 Å². The van der Waals surface area contributed by atoms with Crippen molar-refractivity contribution in [2.24, 2.45) is 0 Å². The molecule has 0 N–H and O–H groups in total. The number of nitrogens with zero attached hydrogens (tertiary/aromatic N) is 2. The molecule has 19 heavy (non-hydrogen) atoms. The average Bonchev–Trinajstić information content (AvgIpc) is 2.49. The van der Waals surface area contributed by atoms with Gasteiger partial charge in [0.15, 0.2) is 0 Å². The summed E-state index contributed by atoms with van der Waals surface area (Å²) in [7, 11) is 0. The van der Waals surface area contributed by atoms with E-state index in [4.69, 9.17) is 0 Å². The van der Waals surface area contributed by atoms with Gasteiger partial charge in [0.25, 0.3) is 0 Å². The maximum absolute atomic E-state index is 4.33. The molecule has 0 amide bonds. The van der Waals surface area contributed by atoms with E-state index in [1.54, 1.807) is 0 Å². The highest BCUT2D eigenvalue weighted by atomic mass is 32.1. The molecular formula is C16H18N2S. The molecule has 1 aliphatic heterocycles. The Hall–Kier alpha value is -1.61. The largest absolute Gasteiger partial charge is 0.368 e. The summed E-state index contributed by atoms with van der Waals surface area (Å²) in [5.74, 6) is 0. The summed E-state index contributed by atoms with van der Waals surface area (Å²) in [5.41, 5.74) is 2.62. The fourth-order valence-corrected chi connectivity index (χ4v) is 2.67. The van der Waals surface area contributed by atoms with Gasteiger partial charge in [0.2, 0.25) is 0 Å². The van der Waals surface area contributed by atoms with Crippen LogP contribution in [0.1, 0.15) is 0 Å². The topological polar surface area (TPSA) is 6.48 Å². The summed E-state index contributed by atoms with van der Waals surface area (Å²) in [6.07, 6.45) is 0. The normalized spacial score (nSPS) is 15.6. The average molecular weight is 270 g/mol. The van der Waals surface area contributed by atoms with E-state index in [9.17, 15) is 0 Å². The van der Waals surface area contributed by atoms with Crippen molar-refractivity contribution in [3.05, 3.63) is 54.6 Å². The van der Waals surface area contributed by atoms with E-state index in [0.717, 1.165) is 31.1 Å². The van der Waals surface area contributed by atoms with Gasteiger partial charge >= 0.3 is 0 Å². The van der Waals surface area contributed by atoms with Crippen LogP contribution in [0.4, 0.5) is 11.4 Å². The first-order valence-electron chi connectivity index (χ1n) is 6.67. The van der Waals surface area contributed by atoms with Crippen molar-refractivity contribution in [3.63, 3.8) is 0 Å². The maximum Gasteiger partial charge on any atom is 0.0368 e. The predicted molar refractivity (Wildman–Crippen MR) is 84.6 cm³/mol. The van der Waals surface area contributed by atoms with Crippen LogP contribution in [0.15, 0.2) is 59.5 Å². The monoisotopic (exact) mass is 270 g/mol. The van der Waals surface area contributed by atoms with E-state index in [-0.39, 0.29) is 0 Å². The van der Waals surface area contributed by atoms with Crippen molar-refractivity contribution in [1.82, 2.24) is 0 Å². The molecule has 0 aromatic heterocycles. The van der Waals surface area contributed by atoms with E-state index < -0.39 is 0 Å². The lowest BCUT2D eigenvalue weighted by atomic mass is 10.2. The number of thiol groups is 1. The second kappa shape index (κ2) is 5.57. The Bertz CT molecular complexity index is 516. The minimum Gasteiger partial charge on any atom is -0.368 e. The zero-order chi connectivity index (χ0) is 13.1. The lowest BCUT2D eigenvalue weighted by Crippen LogP contribution is -2.46. The molecule has 2 aromatic rings. The Morgan fingerprint density at radius 1 is 0.632 bits per heavy atom. The Labute approximate surface area is 120 Å². The highest BCUT2D eigenvalue weighted by molar-refractivity contribution is 7.80. The molecule has 0 spiro atoms. The zero-order valence-corrected chi connectivity index (χ0v) is 11.8. The van der Waals surface area contributed by atoms with Crippen LogP contribution in [0.3, 0.4) is 0 Å². The van der Waals surface area contributed by atoms with E-state index in [2.05, 4.69) is 77.0 Å². The smallest absolute Gasteiger partial charge is 0.0368 e. The van der Waals surface area contributed by atoms with E-state index in [0.29, 0.717) is 0 Å². The summed E-state index contributed by atoms with van der Waals surface area (Å²) < 4.78 is 0. The van der Waals surface area contributed by atoms with Crippen molar-refractivity contribution in [1.29, 1.82) is 0 Å². The molecular weight excluding hydrogens is 252 g/mol. The number of para-hydroxylation sites is 1. The van der Waals surface area contributed by atoms with Crippen molar-refractivity contribution in [2.75, 3.05) is 36.0 Å². The van der Waals surface area contributed by atoms with Gasteiger partial charge < -0.3 is 9.80 Å². The van der Waals surface area contributed by atoms with Crippen LogP contribution >= 0.6 is 12.6 Å². The Morgan fingerprint density at radius 2 is 1.11 bits per heavy atom. The van der Waals surface area contributed by atoms with Gasteiger partial charge in [-0.15, -0.1) is 12.6 Å². The standard InChI is InChI=1S/C16H18N2S/c19-16-8-6-15(7-9-16)18-12-10-17(11-13-18)14-4-2-1-3-5-14/h1-9,19H,10-13H2. The van der Waals surface area contributed by atoms with Gasteiger partial charge in [-0.05, 0) is 36.4 Å². The molecule has 1 fully saturated rings. The molecule has 3 heteroatoms. The number of anilines is 2. The zero-order valence-electron chi connectivity index (χ0n) is 10.9. The quantitative estimate of drug-likeness (QED) is 0.837. The summed E-state index contributed by atoms with van der Waals surface area (Å²) in [6.45, 7) is 4.29. The van der Waals surface area contributed by atoms with Crippen LogP contribution in [0.25, 0.3) is 0 Å². The number of hydrogen-bond acceptors (Lipinski definition) is 3. The molecule has 0 atom stereocenters. The van der Waals surface area contributed by atoms with Crippen molar-refractivity contribution >= 4 is 24.0 Å². The van der Waals surface area contributed by atoms with Gasteiger partial charge in [-0.2, -0.15) is 0 Å². The van der Waals surface area contributed by atoms with Crippen molar-refractivity contribution < 1.29 is 0 Å². The third-order valence-electron chi connectivity index (χ3n) is 3.62. The van der Waals surface area contributed by atoms with Crippen LogP contribution in [-0.2, 0) is 0 Å². The first-order valence-corrected chi connectivity index (χ1v) is 7.11. The number of hydrogen-bond donors (Lipinski definition) is 1. The Balaban J connectivity index is 1.65. The van der Waals surface area contributed by atoms with E-state index >= 15 is 0 Å². The lowest BCUT2D eigenvalue weighted by molar-refractivity contribution is 0.653. The first kappa shape index (κ1) is 12.4. The van der Waals surface area contributed by atoms with Gasteiger partial charge in [-0.1, -0.05) is 18.2 Å². The number of benzene rings is 2. The summed E-state index contributed by atoms with van der Waals surface area (Å²) in [6, 6.07) is 19.1. The molecule has 0 saturated carbocycles. The second-order valence-corrected chi connectivity index (χ2v) is 5.34. The molecule has 0 aliphatic carbocycles. The fraction of sp³-hybridized carbons (Fsp3) is 0.250. The minimum atomic E-state index is 1.02. The SMILES string of the molecule is Sc1ccc(N2CCN(c3ccccc3)CC2)cc1. The second-order valence-electron chi connectivity index (χ2n) is 4.83. The Kier molecular flexibility index (Phi) is 3.65. The van der Waals surface area contributed by atoms with Crippen LogP contribution in [0.5, 0.6) is 0 Å². The molecule has 3 rings (SSSR count). The van der Waals surface area contributed by atoms with Gasteiger partial charge in [-0.25, -0.2) is 0 Å². The van der Waals surface area contributed by atoms with Gasteiger partial charge in [0.05, 0.1) is 0 Å². The minimum absolute atomic E-state index is 1.02. The van der Waals surface area contributed by atoms with Crippen LogP contribution in [0.2, 0.25) is 0 Å². The number of rotatable bonds is 2. The fourth-order valence-electron chi connectivity index (χ4n) is 2.53. The molecule has 0 unspecified atom stereocenters. The summed E-state index contributed by atoms with van der Waals surface area (Å²) >= 11 is 4.33. The molecule has 1 heterocycles. The van der Waals surface area contributed by atoms with Crippen LogP contribution in [-0.4, -0.2) is 26.2 Å². The highest BCUT2D eigenvalue weighted by Crippen LogP contribution is 2.21. The van der Waals surface area contributed by atoms with Crippen molar-refractivity contribution in [3.8, 4) is 0 Å². The van der Waals surface area contributed by atoms with Crippen molar-refractivity contribution in [2.45, 2.75) is 4.90 Å². The molecule has 2 aromatic carbocycles. The molecule has 1 aliphatic rings. The molecule has 1 saturated heterocycles. The first-order chi connectivity index (χ1) is 9.33. The lowest BCUT2D eigenvalue weighted by Gasteiger charge is -2.37. The molecule has 2 nitrogen and oxygen atoms in total. The molecule has 0 radical (unpaired) electrons. The van der Waals surface area contributed by atoms with Gasteiger partial charge in [0.1, 0.15) is 0 Å². The molecule has 98 valence electrons. The maximum atomic E-state index is 4.33. The predicted octanol–water partition coefficient (Wildman–Crippen LogP) is 3.30. The third-order valence-corrected chi connectivity index (χ3v) is 3.91. The Morgan fingerprint density at radius 3 is 1.63 bits per heavy atom. The van der Waals surface area contributed by atoms with Crippen LogP contribution < -0.4 is 9.80 Å². The van der Waals surface area contributed by atoms with Crippen LogP contribution in [0, 0.1) is 0 Å². The van der Waals surface area contributed by atoms with E-state index in [1.807, 2.05) is 0 Å². The highest BCUT2D eigenvalue weighted by Gasteiger charge is 2.17. The number of piperazine rings is 1. The summed E-state index contributed by atoms with van der Waals surface area (Å²) in [4.78, 5) is 5.91.